The Labute approximate surface area is 115 Å². The van der Waals surface area contributed by atoms with Crippen molar-refractivity contribution in [2.24, 2.45) is 0 Å². The van der Waals surface area contributed by atoms with E-state index in [0.717, 1.165) is 4.90 Å². The highest BCUT2D eigenvalue weighted by atomic mass is 32.2. The molecule has 0 aliphatic carbocycles. The molecule has 1 fully saturated rings. The fourth-order valence-electron chi connectivity index (χ4n) is 1.87. The third kappa shape index (κ3) is 4.37. The molecule has 0 aromatic rings. The summed E-state index contributed by atoms with van der Waals surface area (Å²) in [7, 11) is -1.82. The lowest BCUT2D eigenvalue weighted by Crippen LogP contribution is -2.50. The van der Waals surface area contributed by atoms with Gasteiger partial charge in [0, 0.05) is 13.1 Å². The van der Waals surface area contributed by atoms with Crippen LogP contribution in [0.4, 0.5) is 4.79 Å². The van der Waals surface area contributed by atoms with E-state index in [1.54, 1.807) is 0 Å². The van der Waals surface area contributed by atoms with Crippen LogP contribution in [0.2, 0.25) is 0 Å². The molecule has 10 heteroatoms. The molecule has 1 aliphatic rings. The van der Waals surface area contributed by atoms with Gasteiger partial charge in [-0.1, -0.05) is 0 Å². The summed E-state index contributed by atoms with van der Waals surface area (Å²) >= 11 is 0. The number of carbonyl (C=O) groups excluding carboxylic acids is 1. The van der Waals surface area contributed by atoms with E-state index in [2.05, 4.69) is 5.32 Å². The van der Waals surface area contributed by atoms with Crippen molar-refractivity contribution in [2.45, 2.75) is 24.9 Å². The summed E-state index contributed by atoms with van der Waals surface area (Å²) < 4.78 is 22.6. The highest BCUT2D eigenvalue weighted by molar-refractivity contribution is 7.91. The molecule has 0 spiro atoms. The number of carbonyl (C=O) groups is 3. The number of sulfone groups is 1. The molecule has 1 rings (SSSR count). The van der Waals surface area contributed by atoms with Gasteiger partial charge in [-0.3, -0.25) is 4.79 Å². The van der Waals surface area contributed by atoms with Gasteiger partial charge in [0.2, 0.25) is 0 Å². The van der Waals surface area contributed by atoms with Crippen molar-refractivity contribution in [1.82, 2.24) is 10.2 Å². The summed E-state index contributed by atoms with van der Waals surface area (Å²) in [6, 6.07) is -2.89. The summed E-state index contributed by atoms with van der Waals surface area (Å²) in [5.41, 5.74) is 0. The van der Waals surface area contributed by atoms with E-state index in [-0.39, 0.29) is 17.9 Å². The molecule has 2 amide bonds. The number of carboxylic acids is 2. The van der Waals surface area contributed by atoms with Gasteiger partial charge < -0.3 is 20.4 Å². The summed E-state index contributed by atoms with van der Waals surface area (Å²) in [6.07, 6.45) is -0.471. The second-order valence-electron chi connectivity index (χ2n) is 4.61. The lowest BCUT2D eigenvalue weighted by molar-refractivity contribution is -0.145. The number of rotatable bonds is 5. The standard InChI is InChI=1S/C10H16N2O7S/c1-12(6-2-3-20(18,19)5-6)10(17)11-7(9(15)16)4-8(13)14/h6-7H,2-5H2,1H3,(H,11,17)(H,13,14)(H,15,16)/t6?,7-/m0/s1. The third-order valence-corrected chi connectivity index (χ3v) is 4.80. The van der Waals surface area contributed by atoms with Crippen molar-refractivity contribution in [1.29, 1.82) is 0 Å². The second-order valence-corrected chi connectivity index (χ2v) is 6.83. The molecule has 0 radical (unpaired) electrons. The normalized spacial score (nSPS) is 21.9. The molecule has 0 aromatic carbocycles. The lowest BCUT2D eigenvalue weighted by Gasteiger charge is -2.25. The predicted octanol–water partition coefficient (Wildman–Crippen LogP) is -1.26. The molecule has 0 saturated carbocycles. The minimum atomic E-state index is -3.17. The first-order chi connectivity index (χ1) is 9.12. The molecular formula is C10H16N2O7S. The minimum absolute atomic E-state index is 0.0211. The van der Waals surface area contributed by atoms with Crippen LogP contribution in [-0.4, -0.2) is 72.1 Å². The summed E-state index contributed by atoms with van der Waals surface area (Å²) in [4.78, 5) is 34.2. The quantitative estimate of drug-likeness (QED) is 0.575. The molecule has 9 nitrogen and oxygen atoms in total. The fraction of sp³-hybridized carbons (Fsp3) is 0.700. The maximum absolute atomic E-state index is 11.8. The van der Waals surface area contributed by atoms with E-state index in [9.17, 15) is 22.8 Å². The van der Waals surface area contributed by atoms with Crippen LogP contribution in [0.5, 0.6) is 0 Å². The zero-order valence-corrected chi connectivity index (χ0v) is 11.6. The molecule has 114 valence electrons. The lowest BCUT2D eigenvalue weighted by atomic mass is 10.2. The summed E-state index contributed by atoms with van der Waals surface area (Å²) in [5.74, 6) is -3.02. The molecular weight excluding hydrogens is 292 g/mol. The summed E-state index contributed by atoms with van der Waals surface area (Å²) in [6.45, 7) is 0. The van der Waals surface area contributed by atoms with Crippen LogP contribution in [0.1, 0.15) is 12.8 Å². The number of aliphatic carboxylic acids is 2. The third-order valence-electron chi connectivity index (χ3n) is 3.05. The molecule has 1 heterocycles. The van der Waals surface area contributed by atoms with E-state index >= 15 is 0 Å². The van der Waals surface area contributed by atoms with Gasteiger partial charge in [0.1, 0.15) is 6.04 Å². The maximum atomic E-state index is 11.8. The minimum Gasteiger partial charge on any atom is -0.481 e. The Kier molecular flexibility index (Phi) is 4.93. The Morgan fingerprint density at radius 2 is 1.95 bits per heavy atom. The van der Waals surface area contributed by atoms with Gasteiger partial charge >= 0.3 is 18.0 Å². The number of nitrogens with one attached hydrogen (secondary N) is 1. The Bertz CT molecular complexity index is 516. The SMILES string of the molecule is CN(C(=O)N[C@@H](CC(=O)O)C(=O)O)C1CCS(=O)(=O)C1. The Morgan fingerprint density at radius 1 is 1.35 bits per heavy atom. The van der Waals surface area contributed by atoms with Gasteiger partial charge in [-0.15, -0.1) is 0 Å². The highest BCUT2D eigenvalue weighted by Gasteiger charge is 2.34. The topological polar surface area (TPSA) is 141 Å². The first kappa shape index (κ1) is 16.2. The zero-order valence-electron chi connectivity index (χ0n) is 10.8. The molecule has 0 bridgehead atoms. The molecule has 1 unspecified atom stereocenters. The molecule has 20 heavy (non-hydrogen) atoms. The Balaban J connectivity index is 2.65. The van der Waals surface area contributed by atoms with Crippen LogP contribution in [0.25, 0.3) is 0 Å². The second kappa shape index (κ2) is 6.07. The first-order valence-corrected chi connectivity index (χ1v) is 7.63. The van der Waals surface area contributed by atoms with Crippen LogP contribution in [0.15, 0.2) is 0 Å². The van der Waals surface area contributed by atoms with Crippen molar-refractivity contribution in [3.8, 4) is 0 Å². The fourth-order valence-corrected chi connectivity index (χ4v) is 3.65. The Morgan fingerprint density at radius 3 is 2.35 bits per heavy atom. The average molecular weight is 308 g/mol. The van der Waals surface area contributed by atoms with Gasteiger partial charge in [0.05, 0.1) is 17.9 Å². The van der Waals surface area contributed by atoms with Crippen molar-refractivity contribution in [3.05, 3.63) is 0 Å². The van der Waals surface area contributed by atoms with Gasteiger partial charge in [0.15, 0.2) is 9.84 Å². The summed E-state index contributed by atoms with van der Waals surface area (Å²) in [5, 5.41) is 19.4. The van der Waals surface area contributed by atoms with Crippen molar-refractivity contribution < 1.29 is 33.0 Å². The largest absolute Gasteiger partial charge is 0.481 e. The molecule has 3 N–H and O–H groups in total. The zero-order chi connectivity index (χ0) is 15.5. The Hall–Kier alpha value is -1.84. The number of amides is 2. The van der Waals surface area contributed by atoms with E-state index < -0.39 is 46.3 Å². The highest BCUT2D eigenvalue weighted by Crippen LogP contribution is 2.16. The monoisotopic (exact) mass is 308 g/mol. The number of carboxylic acid groups (broad SMARTS) is 2. The number of nitrogens with zero attached hydrogens (tertiary/aromatic N) is 1. The molecule has 0 aromatic heterocycles. The molecule has 1 aliphatic heterocycles. The van der Waals surface area contributed by atoms with Crippen LogP contribution in [0, 0.1) is 0 Å². The van der Waals surface area contributed by atoms with Crippen LogP contribution < -0.4 is 5.32 Å². The van der Waals surface area contributed by atoms with Crippen LogP contribution in [-0.2, 0) is 19.4 Å². The maximum Gasteiger partial charge on any atom is 0.326 e. The van der Waals surface area contributed by atoms with Gasteiger partial charge in [-0.25, -0.2) is 18.0 Å². The van der Waals surface area contributed by atoms with Gasteiger partial charge in [-0.2, -0.15) is 0 Å². The number of hydrogen-bond acceptors (Lipinski definition) is 5. The van der Waals surface area contributed by atoms with Crippen molar-refractivity contribution in [3.63, 3.8) is 0 Å². The van der Waals surface area contributed by atoms with E-state index in [1.807, 2.05) is 0 Å². The van der Waals surface area contributed by atoms with E-state index in [0.29, 0.717) is 0 Å². The number of hydrogen-bond donors (Lipinski definition) is 3. The van der Waals surface area contributed by atoms with Crippen molar-refractivity contribution in [2.75, 3.05) is 18.6 Å². The molecule has 1 saturated heterocycles. The molecule has 2 atom stereocenters. The first-order valence-electron chi connectivity index (χ1n) is 5.80. The van der Waals surface area contributed by atoms with Gasteiger partial charge in [0.25, 0.3) is 0 Å². The van der Waals surface area contributed by atoms with Crippen molar-refractivity contribution >= 4 is 27.8 Å². The van der Waals surface area contributed by atoms with Gasteiger partial charge in [-0.05, 0) is 6.42 Å². The van der Waals surface area contributed by atoms with Crippen LogP contribution in [0.3, 0.4) is 0 Å². The van der Waals surface area contributed by atoms with Crippen LogP contribution >= 0.6 is 0 Å². The van der Waals surface area contributed by atoms with E-state index in [1.165, 1.54) is 7.05 Å². The number of urea groups is 1. The smallest absolute Gasteiger partial charge is 0.326 e. The van der Waals surface area contributed by atoms with E-state index in [4.69, 9.17) is 10.2 Å². The predicted molar refractivity (Wildman–Crippen MR) is 67.0 cm³/mol. The average Bonchev–Trinajstić information content (AvgIpc) is 2.67.